The molecule has 0 aromatic heterocycles. The van der Waals surface area contributed by atoms with Crippen LogP contribution in [-0.2, 0) is 11.2 Å². The first kappa shape index (κ1) is 13.6. The maximum atomic E-state index is 11.5. The number of halogens is 1. The zero-order chi connectivity index (χ0) is 13.0. The van der Waals surface area contributed by atoms with Crippen molar-refractivity contribution < 1.29 is 9.72 Å². The second-order valence-electron chi connectivity index (χ2n) is 3.96. The normalized spacial score (nSPS) is 12.2. The lowest BCUT2D eigenvalue weighted by Crippen LogP contribution is -2.13. The molecule has 1 aromatic rings. The van der Waals surface area contributed by atoms with Gasteiger partial charge in [-0.1, -0.05) is 25.4 Å². The fourth-order valence-corrected chi connectivity index (χ4v) is 1.88. The summed E-state index contributed by atoms with van der Waals surface area (Å²) >= 11 is 5.81. The Hall–Kier alpha value is -1.42. The summed E-state index contributed by atoms with van der Waals surface area (Å²) in [6, 6.07) is 4.41. The Morgan fingerprint density at radius 2 is 2.18 bits per heavy atom. The van der Waals surface area contributed by atoms with Crippen LogP contribution in [0.2, 0.25) is 5.02 Å². The fraction of sp³-hybridized carbons (Fsp3) is 0.417. The Kier molecular flexibility index (Phi) is 4.63. The standard InChI is InChI=1S/C12H14ClNO3/c1-3-12(15)8(2)6-9-7-10(13)4-5-11(9)14(16)17/h4-5,7-8H,3,6H2,1-2H3. The summed E-state index contributed by atoms with van der Waals surface area (Å²) in [5.74, 6) is -0.128. The highest BCUT2D eigenvalue weighted by Crippen LogP contribution is 2.25. The summed E-state index contributed by atoms with van der Waals surface area (Å²) in [4.78, 5) is 21.9. The van der Waals surface area contributed by atoms with Crippen molar-refractivity contribution in [1.29, 1.82) is 0 Å². The van der Waals surface area contributed by atoms with Crippen molar-refractivity contribution in [2.24, 2.45) is 5.92 Å². The first-order valence-corrected chi connectivity index (χ1v) is 5.79. The Bertz CT molecular complexity index is 445. The maximum Gasteiger partial charge on any atom is 0.272 e. The molecule has 1 atom stereocenters. The van der Waals surface area contributed by atoms with Crippen molar-refractivity contribution in [2.75, 3.05) is 0 Å². The molecule has 0 saturated heterocycles. The van der Waals surface area contributed by atoms with Crippen LogP contribution in [0, 0.1) is 16.0 Å². The first-order chi connectivity index (χ1) is 7.95. The molecule has 0 heterocycles. The number of ketones is 1. The highest BCUT2D eigenvalue weighted by molar-refractivity contribution is 6.30. The Labute approximate surface area is 105 Å². The van der Waals surface area contributed by atoms with Crippen molar-refractivity contribution in [3.05, 3.63) is 38.9 Å². The van der Waals surface area contributed by atoms with E-state index in [9.17, 15) is 14.9 Å². The Morgan fingerprint density at radius 3 is 2.71 bits per heavy atom. The van der Waals surface area contributed by atoms with Crippen molar-refractivity contribution in [3.63, 3.8) is 0 Å². The molecule has 0 saturated carbocycles. The van der Waals surface area contributed by atoms with Crippen LogP contribution in [0.15, 0.2) is 18.2 Å². The zero-order valence-corrected chi connectivity index (χ0v) is 10.5. The van der Waals surface area contributed by atoms with Crippen LogP contribution in [-0.4, -0.2) is 10.7 Å². The van der Waals surface area contributed by atoms with Crippen molar-refractivity contribution in [1.82, 2.24) is 0 Å². The number of rotatable bonds is 5. The molecule has 0 N–H and O–H groups in total. The summed E-state index contributed by atoms with van der Waals surface area (Å²) < 4.78 is 0. The molecular weight excluding hydrogens is 242 g/mol. The third kappa shape index (κ3) is 3.53. The minimum atomic E-state index is -0.450. The predicted octanol–water partition coefficient (Wildman–Crippen LogP) is 3.41. The van der Waals surface area contributed by atoms with Gasteiger partial charge in [-0.2, -0.15) is 0 Å². The number of carbonyl (C=O) groups is 1. The van der Waals surface area contributed by atoms with Gasteiger partial charge in [-0.05, 0) is 18.6 Å². The predicted molar refractivity (Wildman–Crippen MR) is 66.3 cm³/mol. The zero-order valence-electron chi connectivity index (χ0n) is 9.77. The molecule has 0 radical (unpaired) electrons. The lowest BCUT2D eigenvalue weighted by molar-refractivity contribution is -0.385. The number of carbonyl (C=O) groups excluding carboxylic acids is 1. The molecule has 0 fully saturated rings. The first-order valence-electron chi connectivity index (χ1n) is 5.41. The number of hydrogen-bond acceptors (Lipinski definition) is 3. The average molecular weight is 256 g/mol. The molecule has 1 unspecified atom stereocenters. The topological polar surface area (TPSA) is 60.2 Å². The average Bonchev–Trinajstić information content (AvgIpc) is 2.27. The van der Waals surface area contributed by atoms with Crippen LogP contribution in [0.25, 0.3) is 0 Å². The number of nitro groups is 1. The van der Waals surface area contributed by atoms with E-state index in [0.717, 1.165) is 0 Å². The number of Topliss-reactive ketones (excluding diaryl/α,β-unsaturated/α-hetero) is 1. The molecule has 0 aliphatic carbocycles. The Morgan fingerprint density at radius 1 is 1.53 bits per heavy atom. The van der Waals surface area contributed by atoms with Gasteiger partial charge < -0.3 is 0 Å². The van der Waals surface area contributed by atoms with E-state index < -0.39 is 4.92 Å². The van der Waals surface area contributed by atoms with Crippen LogP contribution in [0.5, 0.6) is 0 Å². The summed E-state index contributed by atoms with van der Waals surface area (Å²) in [6.07, 6.45) is 0.791. The van der Waals surface area contributed by atoms with E-state index >= 15 is 0 Å². The smallest absolute Gasteiger partial charge is 0.272 e. The second kappa shape index (κ2) is 5.77. The molecule has 0 aliphatic heterocycles. The van der Waals surface area contributed by atoms with E-state index in [1.54, 1.807) is 19.9 Å². The molecule has 5 heteroatoms. The number of nitro benzene ring substituents is 1. The molecule has 0 spiro atoms. The minimum Gasteiger partial charge on any atom is -0.299 e. The number of nitrogens with zero attached hydrogens (tertiary/aromatic N) is 1. The van der Waals surface area contributed by atoms with E-state index in [1.807, 2.05) is 0 Å². The van der Waals surface area contributed by atoms with Crippen LogP contribution in [0.3, 0.4) is 0 Å². The lowest BCUT2D eigenvalue weighted by Gasteiger charge is -2.09. The van der Waals surface area contributed by atoms with Gasteiger partial charge in [-0.25, -0.2) is 0 Å². The summed E-state index contributed by atoms with van der Waals surface area (Å²) in [5, 5.41) is 11.3. The number of hydrogen-bond donors (Lipinski definition) is 0. The SMILES string of the molecule is CCC(=O)C(C)Cc1cc(Cl)ccc1[N+](=O)[O-]. The monoisotopic (exact) mass is 255 g/mol. The third-order valence-corrected chi connectivity index (χ3v) is 2.90. The van der Waals surface area contributed by atoms with Gasteiger partial charge >= 0.3 is 0 Å². The van der Waals surface area contributed by atoms with Gasteiger partial charge in [0.15, 0.2) is 0 Å². The van der Waals surface area contributed by atoms with E-state index in [0.29, 0.717) is 23.4 Å². The summed E-state index contributed by atoms with van der Waals surface area (Å²) in [6.45, 7) is 3.56. The molecule has 4 nitrogen and oxygen atoms in total. The van der Waals surface area contributed by atoms with Crippen LogP contribution in [0.4, 0.5) is 5.69 Å². The largest absolute Gasteiger partial charge is 0.299 e. The maximum absolute atomic E-state index is 11.5. The van der Waals surface area contributed by atoms with Crippen molar-refractivity contribution in [2.45, 2.75) is 26.7 Å². The van der Waals surface area contributed by atoms with Crippen LogP contribution in [0.1, 0.15) is 25.8 Å². The van der Waals surface area contributed by atoms with Gasteiger partial charge in [-0.15, -0.1) is 0 Å². The third-order valence-electron chi connectivity index (χ3n) is 2.66. The second-order valence-corrected chi connectivity index (χ2v) is 4.39. The molecule has 1 aromatic carbocycles. The van der Waals surface area contributed by atoms with Gasteiger partial charge in [0.25, 0.3) is 5.69 Å². The van der Waals surface area contributed by atoms with E-state index in [1.165, 1.54) is 12.1 Å². The quantitative estimate of drug-likeness (QED) is 0.598. The van der Waals surface area contributed by atoms with Gasteiger partial charge in [-0.3, -0.25) is 14.9 Å². The van der Waals surface area contributed by atoms with Gasteiger partial charge in [0, 0.05) is 29.0 Å². The number of benzene rings is 1. The van der Waals surface area contributed by atoms with Gasteiger partial charge in [0.2, 0.25) is 0 Å². The molecule has 0 amide bonds. The van der Waals surface area contributed by atoms with Crippen LogP contribution < -0.4 is 0 Å². The molecular formula is C12H14ClNO3. The fourth-order valence-electron chi connectivity index (χ4n) is 1.69. The Balaban J connectivity index is 3.00. The highest BCUT2D eigenvalue weighted by atomic mass is 35.5. The van der Waals surface area contributed by atoms with Crippen molar-refractivity contribution in [3.8, 4) is 0 Å². The molecule has 92 valence electrons. The molecule has 17 heavy (non-hydrogen) atoms. The summed E-state index contributed by atoms with van der Waals surface area (Å²) in [7, 11) is 0. The van der Waals surface area contributed by atoms with Gasteiger partial charge in [0.1, 0.15) is 5.78 Å². The lowest BCUT2D eigenvalue weighted by atomic mass is 9.95. The highest BCUT2D eigenvalue weighted by Gasteiger charge is 2.19. The van der Waals surface area contributed by atoms with Crippen LogP contribution >= 0.6 is 11.6 Å². The summed E-state index contributed by atoms with van der Waals surface area (Å²) in [5.41, 5.74) is 0.530. The van der Waals surface area contributed by atoms with E-state index in [-0.39, 0.29) is 17.4 Å². The van der Waals surface area contributed by atoms with Gasteiger partial charge in [0.05, 0.1) is 4.92 Å². The van der Waals surface area contributed by atoms with Crippen molar-refractivity contribution >= 4 is 23.1 Å². The molecule has 0 bridgehead atoms. The van der Waals surface area contributed by atoms with E-state index in [2.05, 4.69) is 0 Å². The minimum absolute atomic E-state index is 0.0187. The van der Waals surface area contributed by atoms with E-state index in [4.69, 9.17) is 11.6 Å². The molecule has 0 aliphatic rings. The molecule has 1 rings (SSSR count).